The Morgan fingerprint density at radius 3 is 2.71 bits per heavy atom. The molecule has 1 unspecified atom stereocenters. The van der Waals surface area contributed by atoms with Crippen LogP contribution >= 0.6 is 15.9 Å². The highest BCUT2D eigenvalue weighted by Gasteiger charge is 2.02. The molecule has 1 N–H and O–H groups in total. The Morgan fingerprint density at radius 1 is 1.43 bits per heavy atom. The van der Waals surface area contributed by atoms with Crippen LogP contribution in [0.3, 0.4) is 0 Å². The van der Waals surface area contributed by atoms with Crippen LogP contribution in [0.4, 0.5) is 5.69 Å². The Morgan fingerprint density at radius 2 is 2.14 bits per heavy atom. The van der Waals surface area contributed by atoms with Crippen molar-refractivity contribution in [2.45, 2.75) is 39.7 Å². The van der Waals surface area contributed by atoms with E-state index in [4.69, 9.17) is 0 Å². The van der Waals surface area contributed by atoms with Gasteiger partial charge < -0.3 is 5.32 Å². The first kappa shape index (κ1) is 11.6. The maximum absolute atomic E-state index is 3.52. The smallest absolute Gasteiger partial charge is 0.0372 e. The Kier molecular flexibility index (Phi) is 4.46. The molecule has 0 fully saturated rings. The van der Waals surface area contributed by atoms with E-state index in [0.29, 0.717) is 6.04 Å². The highest BCUT2D eigenvalue weighted by molar-refractivity contribution is 9.10. The van der Waals surface area contributed by atoms with Gasteiger partial charge in [-0.1, -0.05) is 29.3 Å². The molecule has 2 heteroatoms. The summed E-state index contributed by atoms with van der Waals surface area (Å²) >= 11 is 3.47. The monoisotopic (exact) mass is 255 g/mol. The van der Waals surface area contributed by atoms with Crippen LogP contribution in [0.15, 0.2) is 22.7 Å². The molecule has 14 heavy (non-hydrogen) atoms. The van der Waals surface area contributed by atoms with Gasteiger partial charge in [-0.05, 0) is 44.0 Å². The second kappa shape index (κ2) is 5.40. The third kappa shape index (κ3) is 3.33. The Labute approximate surface area is 95.0 Å². The molecule has 0 aromatic heterocycles. The highest BCUT2D eigenvalue weighted by atomic mass is 79.9. The fourth-order valence-corrected chi connectivity index (χ4v) is 2.04. The summed E-state index contributed by atoms with van der Waals surface area (Å²) < 4.78 is 1.14. The molecule has 1 aromatic rings. The number of anilines is 1. The number of rotatable bonds is 4. The SMILES string of the molecule is CCCC(C)Nc1ccc(Br)cc1C. The van der Waals surface area contributed by atoms with Gasteiger partial charge in [-0.2, -0.15) is 0 Å². The molecule has 1 nitrogen and oxygen atoms in total. The zero-order chi connectivity index (χ0) is 10.6. The minimum Gasteiger partial charge on any atom is -0.382 e. The average Bonchev–Trinajstić information content (AvgIpc) is 2.10. The molecule has 0 saturated carbocycles. The minimum atomic E-state index is 0.555. The second-order valence-electron chi connectivity index (χ2n) is 3.79. The number of benzene rings is 1. The third-order valence-corrected chi connectivity index (χ3v) is 2.81. The summed E-state index contributed by atoms with van der Waals surface area (Å²) in [6.07, 6.45) is 2.44. The highest BCUT2D eigenvalue weighted by Crippen LogP contribution is 2.21. The van der Waals surface area contributed by atoms with Crippen LogP contribution in [0.1, 0.15) is 32.3 Å². The summed E-state index contributed by atoms with van der Waals surface area (Å²) in [5.41, 5.74) is 2.54. The van der Waals surface area contributed by atoms with Crippen molar-refractivity contribution in [2.24, 2.45) is 0 Å². The van der Waals surface area contributed by atoms with E-state index >= 15 is 0 Å². The second-order valence-corrected chi connectivity index (χ2v) is 4.71. The summed E-state index contributed by atoms with van der Waals surface area (Å²) in [5.74, 6) is 0. The molecule has 0 heterocycles. The van der Waals surface area contributed by atoms with Crippen LogP contribution in [-0.4, -0.2) is 6.04 Å². The lowest BCUT2D eigenvalue weighted by Gasteiger charge is -2.16. The first-order chi connectivity index (χ1) is 6.63. The van der Waals surface area contributed by atoms with Crippen LogP contribution in [0.5, 0.6) is 0 Å². The van der Waals surface area contributed by atoms with E-state index in [-0.39, 0.29) is 0 Å². The molecule has 78 valence electrons. The molecule has 0 radical (unpaired) electrons. The molecule has 0 aliphatic heterocycles. The third-order valence-electron chi connectivity index (χ3n) is 2.31. The van der Waals surface area contributed by atoms with Gasteiger partial charge in [0.1, 0.15) is 0 Å². The first-order valence-corrected chi connectivity index (χ1v) is 5.95. The summed E-state index contributed by atoms with van der Waals surface area (Å²) in [7, 11) is 0. The van der Waals surface area contributed by atoms with Crippen LogP contribution in [0, 0.1) is 6.92 Å². The lowest BCUT2D eigenvalue weighted by atomic mass is 10.1. The lowest BCUT2D eigenvalue weighted by molar-refractivity contribution is 0.690. The van der Waals surface area contributed by atoms with E-state index in [1.54, 1.807) is 0 Å². The molecule has 0 bridgehead atoms. The molecule has 1 aromatic carbocycles. The van der Waals surface area contributed by atoms with E-state index in [1.807, 2.05) is 0 Å². The van der Waals surface area contributed by atoms with Crippen molar-refractivity contribution >= 4 is 21.6 Å². The molecule has 0 amide bonds. The van der Waals surface area contributed by atoms with Gasteiger partial charge in [-0.25, -0.2) is 0 Å². The van der Waals surface area contributed by atoms with E-state index in [9.17, 15) is 0 Å². The fourth-order valence-electron chi connectivity index (χ4n) is 1.56. The van der Waals surface area contributed by atoms with Crippen molar-refractivity contribution in [3.63, 3.8) is 0 Å². The van der Waals surface area contributed by atoms with Crippen molar-refractivity contribution in [3.8, 4) is 0 Å². The lowest BCUT2D eigenvalue weighted by Crippen LogP contribution is -2.15. The van der Waals surface area contributed by atoms with Gasteiger partial charge in [-0.15, -0.1) is 0 Å². The average molecular weight is 256 g/mol. The number of aryl methyl sites for hydroxylation is 1. The zero-order valence-electron chi connectivity index (χ0n) is 9.10. The Bertz CT molecular complexity index is 296. The zero-order valence-corrected chi connectivity index (χ0v) is 10.7. The van der Waals surface area contributed by atoms with Crippen molar-refractivity contribution in [1.29, 1.82) is 0 Å². The maximum Gasteiger partial charge on any atom is 0.0372 e. The summed E-state index contributed by atoms with van der Waals surface area (Å²) in [6, 6.07) is 6.90. The van der Waals surface area contributed by atoms with E-state index in [1.165, 1.54) is 24.1 Å². The van der Waals surface area contributed by atoms with Gasteiger partial charge in [0.15, 0.2) is 0 Å². The van der Waals surface area contributed by atoms with Crippen LogP contribution < -0.4 is 5.32 Å². The van der Waals surface area contributed by atoms with Crippen molar-refractivity contribution in [2.75, 3.05) is 5.32 Å². The van der Waals surface area contributed by atoms with Gasteiger partial charge in [0.2, 0.25) is 0 Å². The van der Waals surface area contributed by atoms with E-state index in [2.05, 4.69) is 60.2 Å². The molecule has 0 aliphatic rings. The van der Waals surface area contributed by atoms with Crippen LogP contribution in [0.2, 0.25) is 0 Å². The normalized spacial score (nSPS) is 12.6. The van der Waals surface area contributed by atoms with Crippen molar-refractivity contribution < 1.29 is 0 Å². The predicted octanol–water partition coefficient (Wildman–Crippen LogP) is 4.36. The van der Waals surface area contributed by atoms with Gasteiger partial charge in [0.25, 0.3) is 0 Å². The first-order valence-electron chi connectivity index (χ1n) is 5.16. The molecule has 0 spiro atoms. The van der Waals surface area contributed by atoms with Crippen LogP contribution in [-0.2, 0) is 0 Å². The minimum absolute atomic E-state index is 0.555. The van der Waals surface area contributed by atoms with E-state index in [0.717, 1.165) is 4.47 Å². The maximum atomic E-state index is 3.52. The van der Waals surface area contributed by atoms with Crippen molar-refractivity contribution in [1.82, 2.24) is 0 Å². The van der Waals surface area contributed by atoms with Gasteiger partial charge >= 0.3 is 0 Å². The number of nitrogens with one attached hydrogen (secondary N) is 1. The molecule has 0 saturated heterocycles. The molecule has 0 aliphatic carbocycles. The number of halogens is 1. The standard InChI is InChI=1S/C12H18BrN/c1-4-5-10(3)14-12-7-6-11(13)8-9(12)2/h6-8,10,14H,4-5H2,1-3H3. The van der Waals surface area contributed by atoms with E-state index < -0.39 is 0 Å². The summed E-state index contributed by atoms with van der Waals surface area (Å²) in [6.45, 7) is 6.57. The largest absolute Gasteiger partial charge is 0.382 e. The Hall–Kier alpha value is -0.500. The quantitative estimate of drug-likeness (QED) is 0.844. The molecule has 1 rings (SSSR count). The molecular weight excluding hydrogens is 238 g/mol. The van der Waals surface area contributed by atoms with Crippen LogP contribution in [0.25, 0.3) is 0 Å². The topological polar surface area (TPSA) is 12.0 Å². The van der Waals surface area contributed by atoms with Crippen molar-refractivity contribution in [3.05, 3.63) is 28.2 Å². The number of hydrogen-bond donors (Lipinski definition) is 1. The van der Waals surface area contributed by atoms with Gasteiger partial charge in [-0.3, -0.25) is 0 Å². The summed E-state index contributed by atoms with van der Waals surface area (Å²) in [4.78, 5) is 0. The predicted molar refractivity (Wildman–Crippen MR) is 66.9 cm³/mol. The fraction of sp³-hybridized carbons (Fsp3) is 0.500. The number of hydrogen-bond acceptors (Lipinski definition) is 1. The Balaban J connectivity index is 2.67. The molecular formula is C12H18BrN. The molecule has 1 atom stereocenters. The van der Waals surface area contributed by atoms with Gasteiger partial charge in [0.05, 0.1) is 0 Å². The summed E-state index contributed by atoms with van der Waals surface area (Å²) in [5, 5.41) is 3.52. The van der Waals surface area contributed by atoms with Gasteiger partial charge in [0, 0.05) is 16.2 Å².